The molecular formula is C10H9BFNO3. The van der Waals surface area contributed by atoms with Gasteiger partial charge in [0.1, 0.15) is 5.82 Å². The van der Waals surface area contributed by atoms with Crippen LogP contribution in [0, 0.1) is 12.7 Å². The highest BCUT2D eigenvalue weighted by Crippen LogP contribution is 2.12. The fourth-order valence-electron chi connectivity index (χ4n) is 1.66. The number of aromatic nitrogens is 1. The van der Waals surface area contributed by atoms with E-state index in [-0.39, 0.29) is 10.8 Å². The molecule has 2 rings (SSSR count). The lowest BCUT2D eigenvalue weighted by Gasteiger charge is -2.04. The summed E-state index contributed by atoms with van der Waals surface area (Å²) in [6, 6.07) is 3.90. The Morgan fingerprint density at radius 2 is 2.00 bits per heavy atom. The van der Waals surface area contributed by atoms with Crippen LogP contribution in [-0.4, -0.2) is 22.2 Å². The number of pyridine rings is 1. The molecule has 0 saturated heterocycles. The van der Waals surface area contributed by atoms with Gasteiger partial charge in [0.2, 0.25) is 0 Å². The van der Waals surface area contributed by atoms with Crippen LogP contribution in [0.2, 0.25) is 0 Å². The highest BCUT2D eigenvalue weighted by Gasteiger charge is 2.15. The predicted octanol–water partition coefficient (Wildman–Crippen LogP) is -0.345. The van der Waals surface area contributed by atoms with Gasteiger partial charge in [-0.1, -0.05) is 6.07 Å². The first-order valence-electron chi connectivity index (χ1n) is 4.68. The number of nitrogens with one attached hydrogen (secondary N) is 1. The minimum atomic E-state index is -1.75. The molecule has 1 heterocycles. The van der Waals surface area contributed by atoms with E-state index in [9.17, 15) is 9.18 Å². The standard InChI is InChI=1S/C10H9BFNO3/c1-5-2-6-3-7(11(15)16)4-8(12)9(6)10(14)13-5/h2-4,15-16H,1H3,(H,13,14). The highest BCUT2D eigenvalue weighted by atomic mass is 19.1. The molecule has 0 unspecified atom stereocenters. The van der Waals surface area contributed by atoms with Crippen molar-refractivity contribution in [1.29, 1.82) is 0 Å². The molecule has 3 N–H and O–H groups in total. The lowest BCUT2D eigenvalue weighted by atomic mass is 9.79. The average Bonchev–Trinajstić information content (AvgIpc) is 2.15. The Morgan fingerprint density at radius 3 is 2.62 bits per heavy atom. The van der Waals surface area contributed by atoms with Gasteiger partial charge in [0.25, 0.3) is 5.56 Å². The topological polar surface area (TPSA) is 73.3 Å². The highest BCUT2D eigenvalue weighted by molar-refractivity contribution is 6.58. The van der Waals surface area contributed by atoms with Gasteiger partial charge in [0, 0.05) is 5.69 Å². The second-order valence-corrected chi connectivity index (χ2v) is 3.62. The smallest absolute Gasteiger partial charge is 0.423 e. The molecule has 82 valence electrons. The molecule has 0 amide bonds. The van der Waals surface area contributed by atoms with Crippen molar-refractivity contribution in [3.8, 4) is 0 Å². The van der Waals surface area contributed by atoms with Crippen molar-refractivity contribution in [3.05, 3.63) is 40.1 Å². The van der Waals surface area contributed by atoms with Crippen LogP contribution >= 0.6 is 0 Å². The molecule has 2 aromatic rings. The molecule has 0 aliphatic carbocycles. The van der Waals surface area contributed by atoms with E-state index in [2.05, 4.69) is 4.98 Å². The molecular weight excluding hydrogens is 212 g/mol. The maximum atomic E-state index is 13.6. The fraction of sp³-hybridized carbons (Fsp3) is 0.100. The molecule has 0 atom stereocenters. The minimum absolute atomic E-state index is 0.0231. The SMILES string of the molecule is Cc1cc2cc(B(O)O)cc(F)c2c(=O)[nH]1. The van der Waals surface area contributed by atoms with Gasteiger partial charge >= 0.3 is 7.12 Å². The van der Waals surface area contributed by atoms with Crippen molar-refractivity contribution in [3.63, 3.8) is 0 Å². The Hall–Kier alpha value is -1.66. The van der Waals surface area contributed by atoms with E-state index < -0.39 is 18.5 Å². The maximum Gasteiger partial charge on any atom is 0.488 e. The molecule has 0 fully saturated rings. The van der Waals surface area contributed by atoms with Crippen LogP contribution in [0.5, 0.6) is 0 Å². The van der Waals surface area contributed by atoms with Crippen LogP contribution in [0.3, 0.4) is 0 Å². The summed E-state index contributed by atoms with van der Waals surface area (Å²) in [4.78, 5) is 14.0. The van der Waals surface area contributed by atoms with Crippen molar-refractivity contribution < 1.29 is 14.4 Å². The van der Waals surface area contributed by atoms with Gasteiger partial charge in [0.05, 0.1) is 5.39 Å². The van der Waals surface area contributed by atoms with Gasteiger partial charge in [-0.15, -0.1) is 0 Å². The molecule has 0 radical (unpaired) electrons. The molecule has 0 aliphatic rings. The zero-order chi connectivity index (χ0) is 11.9. The quantitative estimate of drug-likeness (QED) is 0.576. The first-order chi connectivity index (χ1) is 7.49. The Morgan fingerprint density at radius 1 is 1.31 bits per heavy atom. The molecule has 0 spiro atoms. The van der Waals surface area contributed by atoms with E-state index in [4.69, 9.17) is 10.0 Å². The van der Waals surface area contributed by atoms with Crippen LogP contribution in [0.4, 0.5) is 4.39 Å². The average molecular weight is 221 g/mol. The molecule has 0 saturated carbocycles. The van der Waals surface area contributed by atoms with Crippen LogP contribution in [0.25, 0.3) is 10.8 Å². The Bertz CT molecular complexity index is 609. The number of aryl methyl sites for hydroxylation is 1. The van der Waals surface area contributed by atoms with Gasteiger partial charge in [0.15, 0.2) is 0 Å². The number of fused-ring (bicyclic) bond motifs is 1. The summed E-state index contributed by atoms with van der Waals surface area (Å²) < 4.78 is 13.6. The molecule has 4 nitrogen and oxygen atoms in total. The van der Waals surface area contributed by atoms with E-state index in [1.54, 1.807) is 13.0 Å². The van der Waals surface area contributed by atoms with Crippen molar-refractivity contribution in [2.45, 2.75) is 6.92 Å². The lowest BCUT2D eigenvalue weighted by Crippen LogP contribution is -2.30. The summed E-state index contributed by atoms with van der Waals surface area (Å²) in [7, 11) is -1.75. The number of H-pyrrole nitrogens is 1. The lowest BCUT2D eigenvalue weighted by molar-refractivity contribution is 0.425. The van der Waals surface area contributed by atoms with Gasteiger partial charge < -0.3 is 15.0 Å². The van der Waals surface area contributed by atoms with E-state index in [0.29, 0.717) is 11.1 Å². The monoisotopic (exact) mass is 221 g/mol. The number of rotatable bonds is 1. The molecule has 6 heteroatoms. The molecule has 1 aromatic heterocycles. The molecule has 0 aliphatic heterocycles. The van der Waals surface area contributed by atoms with Crippen molar-refractivity contribution in [2.24, 2.45) is 0 Å². The van der Waals surface area contributed by atoms with E-state index >= 15 is 0 Å². The summed E-state index contributed by atoms with van der Waals surface area (Å²) in [5, 5.41) is 18.2. The number of hydrogen-bond donors (Lipinski definition) is 3. The van der Waals surface area contributed by atoms with Crippen molar-refractivity contribution in [1.82, 2.24) is 4.98 Å². The third-order valence-corrected chi connectivity index (χ3v) is 2.35. The molecule has 1 aromatic carbocycles. The second-order valence-electron chi connectivity index (χ2n) is 3.62. The molecule has 16 heavy (non-hydrogen) atoms. The normalized spacial score (nSPS) is 10.8. The Balaban J connectivity index is 2.87. The number of hydrogen-bond acceptors (Lipinski definition) is 3. The number of aromatic amines is 1. The summed E-state index contributed by atoms with van der Waals surface area (Å²) in [5.74, 6) is -0.762. The van der Waals surface area contributed by atoms with Crippen molar-refractivity contribution >= 4 is 23.4 Å². The Labute approximate surface area is 90.5 Å². The summed E-state index contributed by atoms with van der Waals surface area (Å²) in [5.41, 5.74) is 0.0861. The van der Waals surface area contributed by atoms with Crippen LogP contribution in [-0.2, 0) is 0 Å². The zero-order valence-corrected chi connectivity index (χ0v) is 8.49. The third-order valence-electron chi connectivity index (χ3n) is 2.35. The van der Waals surface area contributed by atoms with Crippen molar-refractivity contribution in [2.75, 3.05) is 0 Å². The maximum absolute atomic E-state index is 13.6. The minimum Gasteiger partial charge on any atom is -0.423 e. The van der Waals surface area contributed by atoms with Crippen LogP contribution in [0.1, 0.15) is 5.69 Å². The summed E-state index contributed by atoms with van der Waals surface area (Å²) in [6.45, 7) is 1.67. The van der Waals surface area contributed by atoms with Gasteiger partial charge in [-0.25, -0.2) is 4.39 Å². The fourth-order valence-corrected chi connectivity index (χ4v) is 1.66. The number of halogens is 1. The largest absolute Gasteiger partial charge is 0.488 e. The van der Waals surface area contributed by atoms with Gasteiger partial charge in [-0.2, -0.15) is 0 Å². The first-order valence-corrected chi connectivity index (χ1v) is 4.68. The van der Waals surface area contributed by atoms with Gasteiger partial charge in [-0.3, -0.25) is 4.79 Å². The summed E-state index contributed by atoms with van der Waals surface area (Å²) in [6.07, 6.45) is 0. The predicted molar refractivity (Wildman–Crippen MR) is 59.1 cm³/mol. The number of benzene rings is 1. The molecule has 0 bridgehead atoms. The zero-order valence-electron chi connectivity index (χ0n) is 8.49. The third kappa shape index (κ3) is 1.73. The van der Waals surface area contributed by atoms with Crippen LogP contribution in [0.15, 0.2) is 23.0 Å². The van der Waals surface area contributed by atoms with E-state index in [0.717, 1.165) is 6.07 Å². The van der Waals surface area contributed by atoms with Gasteiger partial charge in [-0.05, 0) is 29.9 Å². The van der Waals surface area contributed by atoms with Crippen LogP contribution < -0.4 is 11.0 Å². The van der Waals surface area contributed by atoms with E-state index in [1.807, 2.05) is 0 Å². The van der Waals surface area contributed by atoms with E-state index in [1.165, 1.54) is 6.07 Å². The second kappa shape index (κ2) is 3.73. The first kappa shape index (κ1) is 10.8. The summed E-state index contributed by atoms with van der Waals surface area (Å²) >= 11 is 0. The Kier molecular flexibility index (Phi) is 2.53.